The molecule has 0 saturated heterocycles. The largest absolute Gasteiger partial charge is 0.481 e. The summed E-state index contributed by atoms with van der Waals surface area (Å²) in [6, 6.07) is 11.9. The van der Waals surface area contributed by atoms with Crippen LogP contribution < -0.4 is 11.1 Å². The summed E-state index contributed by atoms with van der Waals surface area (Å²) in [6.45, 7) is 0. The lowest BCUT2D eigenvalue weighted by Gasteiger charge is -2.18. The second-order valence-corrected chi connectivity index (χ2v) is 8.15. The number of carbonyl (C=O) groups is 4. The lowest BCUT2D eigenvalue weighted by Crippen LogP contribution is -2.43. The van der Waals surface area contributed by atoms with Gasteiger partial charge >= 0.3 is 11.9 Å². The van der Waals surface area contributed by atoms with E-state index in [1.807, 2.05) is 42.5 Å². The molecule has 0 aliphatic carbocycles. The highest BCUT2D eigenvalue weighted by molar-refractivity contribution is 7.98. The lowest BCUT2D eigenvalue weighted by molar-refractivity contribution is -0.139. The number of amides is 1. The monoisotopic (exact) mass is 446 g/mol. The van der Waals surface area contributed by atoms with Crippen molar-refractivity contribution in [1.29, 1.82) is 0 Å². The molecule has 2 aromatic rings. The third kappa shape index (κ3) is 8.03. The van der Waals surface area contributed by atoms with Gasteiger partial charge in [0.2, 0.25) is 5.91 Å². The molecule has 0 bridgehead atoms. The Morgan fingerprint density at radius 2 is 1.68 bits per heavy atom. The van der Waals surface area contributed by atoms with Crippen molar-refractivity contribution in [2.24, 2.45) is 5.73 Å². The van der Waals surface area contributed by atoms with Crippen molar-refractivity contribution in [2.75, 3.05) is 5.75 Å². The van der Waals surface area contributed by atoms with E-state index in [9.17, 15) is 19.2 Å². The highest BCUT2D eigenvalue weighted by Gasteiger charge is 2.22. The van der Waals surface area contributed by atoms with Gasteiger partial charge in [-0.1, -0.05) is 42.5 Å². The first-order valence-electron chi connectivity index (χ1n) is 9.84. The predicted molar refractivity (Wildman–Crippen MR) is 119 cm³/mol. The van der Waals surface area contributed by atoms with Gasteiger partial charge in [-0.15, -0.1) is 0 Å². The number of nitrogens with one attached hydrogen (secondary N) is 1. The normalized spacial score (nSPS) is 12.8. The summed E-state index contributed by atoms with van der Waals surface area (Å²) < 4.78 is 0. The zero-order valence-electron chi connectivity index (χ0n) is 17.0. The van der Waals surface area contributed by atoms with Crippen LogP contribution in [0.5, 0.6) is 0 Å². The maximum atomic E-state index is 12.5. The van der Waals surface area contributed by atoms with Crippen molar-refractivity contribution in [1.82, 2.24) is 5.32 Å². The van der Waals surface area contributed by atoms with Crippen LogP contribution in [0.3, 0.4) is 0 Å². The Kier molecular flexibility index (Phi) is 9.48. The Morgan fingerprint density at radius 3 is 2.39 bits per heavy atom. The first-order chi connectivity index (χ1) is 14.8. The van der Waals surface area contributed by atoms with E-state index in [1.54, 1.807) is 0 Å². The van der Waals surface area contributed by atoms with Crippen LogP contribution in [0.4, 0.5) is 0 Å². The van der Waals surface area contributed by atoms with E-state index < -0.39 is 29.9 Å². The molecule has 5 N–H and O–H groups in total. The summed E-state index contributed by atoms with van der Waals surface area (Å²) in [4.78, 5) is 46.3. The summed E-state index contributed by atoms with van der Waals surface area (Å²) in [7, 11) is 0. The number of carboxylic acid groups (broad SMARTS) is 2. The van der Waals surface area contributed by atoms with E-state index in [2.05, 4.69) is 5.32 Å². The third-order valence-corrected chi connectivity index (χ3v) is 5.81. The Morgan fingerprint density at radius 1 is 0.968 bits per heavy atom. The molecule has 31 heavy (non-hydrogen) atoms. The lowest BCUT2D eigenvalue weighted by atomic mass is 10.1. The molecule has 8 nitrogen and oxygen atoms in total. The Bertz CT molecular complexity index is 943. The van der Waals surface area contributed by atoms with Gasteiger partial charge in [0.1, 0.15) is 6.04 Å². The first-order valence-corrected chi connectivity index (χ1v) is 11.0. The van der Waals surface area contributed by atoms with E-state index in [0.717, 1.165) is 16.3 Å². The number of nitrogens with two attached hydrogens (primary N) is 1. The van der Waals surface area contributed by atoms with Crippen LogP contribution >= 0.6 is 11.8 Å². The highest BCUT2D eigenvalue weighted by Crippen LogP contribution is 2.23. The molecule has 0 saturated carbocycles. The molecule has 2 aromatic carbocycles. The van der Waals surface area contributed by atoms with Gasteiger partial charge in [-0.3, -0.25) is 19.2 Å². The number of thioether (sulfide) groups is 1. The topological polar surface area (TPSA) is 147 Å². The molecule has 0 unspecified atom stereocenters. The number of Topliss-reactive ketones (excluding diaryl/α,β-unsaturated/α-hetero) is 1. The van der Waals surface area contributed by atoms with Crippen molar-refractivity contribution in [3.8, 4) is 0 Å². The number of hydrogen-bond donors (Lipinski definition) is 4. The summed E-state index contributed by atoms with van der Waals surface area (Å²) in [5, 5.41) is 22.5. The highest BCUT2D eigenvalue weighted by atomic mass is 32.2. The van der Waals surface area contributed by atoms with Gasteiger partial charge in [-0.25, -0.2) is 0 Å². The van der Waals surface area contributed by atoms with Gasteiger partial charge in [-0.2, -0.15) is 11.8 Å². The zero-order chi connectivity index (χ0) is 22.8. The van der Waals surface area contributed by atoms with Gasteiger partial charge < -0.3 is 21.3 Å². The van der Waals surface area contributed by atoms with Crippen LogP contribution in [0.15, 0.2) is 42.5 Å². The van der Waals surface area contributed by atoms with Crippen molar-refractivity contribution in [2.45, 2.75) is 43.5 Å². The molecule has 0 aromatic heterocycles. The average molecular weight is 447 g/mol. The van der Waals surface area contributed by atoms with Crippen molar-refractivity contribution in [3.05, 3.63) is 48.0 Å². The molecular formula is C22H26N2O6S. The molecule has 1 amide bonds. The molecule has 2 rings (SSSR count). The summed E-state index contributed by atoms with van der Waals surface area (Å²) >= 11 is 1.46. The van der Waals surface area contributed by atoms with Crippen LogP contribution in [0.25, 0.3) is 10.8 Å². The van der Waals surface area contributed by atoms with Crippen molar-refractivity contribution in [3.63, 3.8) is 0 Å². The molecule has 0 aliphatic rings. The van der Waals surface area contributed by atoms with Crippen LogP contribution in [-0.2, 0) is 24.9 Å². The fraction of sp³-hybridized carbons (Fsp3) is 0.364. The predicted octanol–water partition coefficient (Wildman–Crippen LogP) is 2.18. The van der Waals surface area contributed by atoms with Gasteiger partial charge in [0.05, 0.1) is 12.5 Å². The average Bonchev–Trinajstić information content (AvgIpc) is 2.75. The zero-order valence-corrected chi connectivity index (χ0v) is 17.8. The van der Waals surface area contributed by atoms with Crippen LogP contribution in [0, 0.1) is 0 Å². The van der Waals surface area contributed by atoms with E-state index in [1.165, 1.54) is 11.8 Å². The van der Waals surface area contributed by atoms with Crippen molar-refractivity contribution >= 4 is 46.2 Å². The number of carboxylic acids is 2. The van der Waals surface area contributed by atoms with E-state index in [0.29, 0.717) is 5.75 Å². The Balaban J connectivity index is 1.98. The minimum Gasteiger partial charge on any atom is -0.481 e. The second kappa shape index (κ2) is 12.1. The maximum absolute atomic E-state index is 12.5. The first kappa shape index (κ1) is 24.4. The quantitative estimate of drug-likeness (QED) is 0.366. The number of carbonyl (C=O) groups excluding carboxylic acids is 2. The number of aliphatic carboxylic acids is 2. The number of hydrogen-bond acceptors (Lipinski definition) is 6. The molecule has 0 radical (unpaired) electrons. The summed E-state index contributed by atoms with van der Waals surface area (Å²) in [6.07, 6.45) is -0.697. The minimum atomic E-state index is -1.20. The van der Waals surface area contributed by atoms with E-state index in [4.69, 9.17) is 15.9 Å². The summed E-state index contributed by atoms with van der Waals surface area (Å²) in [5.41, 5.74) is 6.51. The number of fused-ring (bicyclic) bond motifs is 1. The van der Waals surface area contributed by atoms with Gasteiger partial charge in [0.15, 0.2) is 5.78 Å². The molecule has 2 atom stereocenters. The molecule has 0 fully saturated rings. The fourth-order valence-corrected chi connectivity index (χ4v) is 4.10. The third-order valence-electron chi connectivity index (χ3n) is 4.73. The van der Waals surface area contributed by atoms with Crippen LogP contribution in [0.1, 0.15) is 31.2 Å². The second-order valence-electron chi connectivity index (χ2n) is 7.12. The van der Waals surface area contributed by atoms with Crippen LogP contribution in [0.2, 0.25) is 0 Å². The van der Waals surface area contributed by atoms with Crippen molar-refractivity contribution < 1.29 is 29.4 Å². The molecule has 0 heterocycles. The molecule has 9 heteroatoms. The van der Waals surface area contributed by atoms with Crippen LogP contribution in [-0.4, -0.2) is 51.7 Å². The maximum Gasteiger partial charge on any atom is 0.320 e. The van der Waals surface area contributed by atoms with E-state index in [-0.39, 0.29) is 37.2 Å². The summed E-state index contributed by atoms with van der Waals surface area (Å²) in [5.74, 6) is -2.26. The Hall–Kier alpha value is -2.91. The number of ketones is 1. The molecule has 0 aliphatic heterocycles. The van der Waals surface area contributed by atoms with E-state index >= 15 is 0 Å². The SMILES string of the molecule is N[C@@H](CCC(=O)N[C@@H](CSCc1cccc2ccccc12)C(=O)CCC(=O)O)C(=O)O. The number of benzene rings is 2. The Labute approximate surface area is 184 Å². The van der Waals surface area contributed by atoms with Gasteiger partial charge in [-0.05, 0) is 22.8 Å². The molecular weight excluding hydrogens is 420 g/mol. The molecule has 166 valence electrons. The smallest absolute Gasteiger partial charge is 0.320 e. The minimum absolute atomic E-state index is 0.0552. The molecule has 0 spiro atoms. The van der Waals surface area contributed by atoms with Gasteiger partial charge in [0, 0.05) is 24.3 Å². The fourth-order valence-electron chi connectivity index (χ4n) is 3.00. The standard InChI is InChI=1S/C22H26N2O6S/c23-17(22(29)30)8-10-20(26)24-18(19(25)9-11-21(27)28)13-31-12-15-6-3-5-14-4-1-2-7-16(14)15/h1-7,17-18H,8-13,23H2,(H,24,26)(H,27,28)(H,29,30)/t17-,18-/m0/s1. The van der Waals surface area contributed by atoms with Gasteiger partial charge in [0.25, 0.3) is 0 Å². The number of rotatable bonds is 13.